The number of hydrogen-bond acceptors (Lipinski definition) is 2. The number of nitrogens with one attached hydrogen (secondary N) is 2. The Morgan fingerprint density at radius 1 is 0.950 bits per heavy atom. The Morgan fingerprint density at radius 3 is 2.20 bits per heavy atom. The fourth-order valence-electron chi connectivity index (χ4n) is 3.41. The summed E-state index contributed by atoms with van der Waals surface area (Å²) in [6.45, 7) is 2.27. The van der Waals surface area contributed by atoms with Crippen LogP contribution in [0.1, 0.15) is 70.6 Å². The first-order chi connectivity index (χ1) is 9.34. The van der Waals surface area contributed by atoms with Crippen molar-refractivity contribution < 1.29 is 4.79 Å². The Labute approximate surface area is 130 Å². The lowest BCUT2D eigenvalue weighted by Gasteiger charge is -2.24. The van der Waals surface area contributed by atoms with E-state index in [9.17, 15) is 4.79 Å². The van der Waals surface area contributed by atoms with Crippen LogP contribution < -0.4 is 10.6 Å². The van der Waals surface area contributed by atoms with Crippen molar-refractivity contribution in [2.24, 2.45) is 5.92 Å². The molecule has 0 aromatic heterocycles. The number of rotatable bonds is 4. The third-order valence-corrected chi connectivity index (χ3v) is 4.71. The maximum absolute atomic E-state index is 12.0. The predicted octanol–water partition coefficient (Wildman–Crippen LogP) is 3.42. The topological polar surface area (TPSA) is 41.1 Å². The quantitative estimate of drug-likeness (QED) is 0.835. The summed E-state index contributed by atoms with van der Waals surface area (Å²) in [5.74, 6) is 1.06. The molecule has 1 saturated heterocycles. The first-order valence-corrected chi connectivity index (χ1v) is 8.34. The molecule has 2 fully saturated rings. The molecular weight excluding hydrogens is 272 g/mol. The Balaban J connectivity index is 0.00000200. The highest BCUT2D eigenvalue weighted by atomic mass is 35.5. The van der Waals surface area contributed by atoms with Gasteiger partial charge in [-0.3, -0.25) is 4.79 Å². The summed E-state index contributed by atoms with van der Waals surface area (Å²) in [7, 11) is 0. The molecule has 0 unspecified atom stereocenters. The second-order valence-electron chi connectivity index (χ2n) is 6.34. The molecule has 0 aromatic carbocycles. The van der Waals surface area contributed by atoms with Crippen molar-refractivity contribution in [2.75, 3.05) is 13.1 Å². The number of halogens is 1. The SMILES string of the molecule is Cl.O=C(CCC1CCNCC1)NC1CCCCCCC1. The lowest BCUT2D eigenvalue weighted by Crippen LogP contribution is -2.36. The largest absolute Gasteiger partial charge is 0.353 e. The third kappa shape index (κ3) is 6.94. The average Bonchev–Trinajstić information content (AvgIpc) is 2.41. The Hall–Kier alpha value is -0.280. The van der Waals surface area contributed by atoms with Crippen molar-refractivity contribution in [3.8, 4) is 0 Å². The Kier molecular flexibility index (Phi) is 9.28. The van der Waals surface area contributed by atoms with E-state index in [0.29, 0.717) is 11.9 Å². The van der Waals surface area contributed by atoms with Crippen LogP contribution in [0.15, 0.2) is 0 Å². The van der Waals surface area contributed by atoms with Crippen LogP contribution in [0.5, 0.6) is 0 Å². The van der Waals surface area contributed by atoms with Gasteiger partial charge < -0.3 is 10.6 Å². The lowest BCUT2D eigenvalue weighted by molar-refractivity contribution is -0.122. The monoisotopic (exact) mass is 302 g/mol. The standard InChI is InChI=1S/C16H30N2O.ClH/c19-16(9-8-14-10-12-17-13-11-14)18-15-6-4-2-1-3-5-7-15;/h14-15,17H,1-13H2,(H,18,19);1H. The van der Waals surface area contributed by atoms with Gasteiger partial charge in [0.1, 0.15) is 0 Å². The van der Waals surface area contributed by atoms with Crippen LogP contribution in [0, 0.1) is 5.92 Å². The van der Waals surface area contributed by atoms with Gasteiger partial charge in [-0.1, -0.05) is 32.1 Å². The zero-order chi connectivity index (χ0) is 13.3. The van der Waals surface area contributed by atoms with Crippen LogP contribution in [0.2, 0.25) is 0 Å². The second-order valence-corrected chi connectivity index (χ2v) is 6.34. The summed E-state index contributed by atoms with van der Waals surface area (Å²) in [6, 6.07) is 0.459. The summed E-state index contributed by atoms with van der Waals surface area (Å²) in [6.07, 6.45) is 13.4. The third-order valence-electron chi connectivity index (χ3n) is 4.71. The van der Waals surface area contributed by atoms with E-state index in [1.165, 1.54) is 57.8 Å². The minimum absolute atomic E-state index is 0. The highest BCUT2D eigenvalue weighted by molar-refractivity contribution is 5.85. The highest BCUT2D eigenvalue weighted by Crippen LogP contribution is 2.19. The van der Waals surface area contributed by atoms with E-state index in [1.54, 1.807) is 0 Å². The molecule has 2 aliphatic rings. The van der Waals surface area contributed by atoms with E-state index < -0.39 is 0 Å². The molecule has 2 N–H and O–H groups in total. The molecule has 0 aromatic rings. The summed E-state index contributed by atoms with van der Waals surface area (Å²) in [5, 5.41) is 6.65. The molecule has 4 heteroatoms. The van der Waals surface area contributed by atoms with Gasteiger partial charge in [0.05, 0.1) is 0 Å². The molecule has 3 nitrogen and oxygen atoms in total. The van der Waals surface area contributed by atoms with Crippen molar-refractivity contribution in [3.63, 3.8) is 0 Å². The predicted molar refractivity (Wildman–Crippen MR) is 86.3 cm³/mol. The van der Waals surface area contributed by atoms with Crippen LogP contribution in [-0.4, -0.2) is 25.0 Å². The van der Waals surface area contributed by atoms with Gasteiger partial charge in [-0.2, -0.15) is 0 Å². The van der Waals surface area contributed by atoms with Crippen molar-refractivity contribution in [1.82, 2.24) is 10.6 Å². The van der Waals surface area contributed by atoms with Crippen LogP contribution in [0.25, 0.3) is 0 Å². The van der Waals surface area contributed by atoms with E-state index in [0.717, 1.165) is 31.8 Å². The summed E-state index contributed by atoms with van der Waals surface area (Å²) >= 11 is 0. The summed E-state index contributed by atoms with van der Waals surface area (Å²) in [4.78, 5) is 12.0. The van der Waals surface area contributed by atoms with Crippen molar-refractivity contribution in [2.45, 2.75) is 76.7 Å². The van der Waals surface area contributed by atoms with E-state index >= 15 is 0 Å². The van der Waals surface area contributed by atoms with Crippen LogP contribution >= 0.6 is 12.4 Å². The number of piperidine rings is 1. The van der Waals surface area contributed by atoms with Crippen LogP contribution in [0.3, 0.4) is 0 Å². The molecule has 2 rings (SSSR count). The van der Waals surface area contributed by atoms with E-state index in [4.69, 9.17) is 0 Å². The molecule has 0 atom stereocenters. The normalized spacial score (nSPS) is 22.4. The van der Waals surface area contributed by atoms with Gasteiger partial charge in [0.2, 0.25) is 5.91 Å². The van der Waals surface area contributed by atoms with Crippen LogP contribution in [-0.2, 0) is 4.79 Å². The molecule has 0 radical (unpaired) electrons. The van der Waals surface area contributed by atoms with Gasteiger partial charge in [-0.15, -0.1) is 12.4 Å². The molecule has 0 bridgehead atoms. The summed E-state index contributed by atoms with van der Waals surface area (Å²) in [5.41, 5.74) is 0. The lowest BCUT2D eigenvalue weighted by atomic mass is 9.92. The first kappa shape index (κ1) is 17.8. The van der Waals surface area contributed by atoms with E-state index in [2.05, 4.69) is 10.6 Å². The summed E-state index contributed by atoms with van der Waals surface area (Å²) < 4.78 is 0. The molecule has 0 spiro atoms. The van der Waals surface area contributed by atoms with E-state index in [1.807, 2.05) is 0 Å². The van der Waals surface area contributed by atoms with Crippen LogP contribution in [0.4, 0.5) is 0 Å². The smallest absolute Gasteiger partial charge is 0.220 e. The van der Waals surface area contributed by atoms with Gasteiger partial charge in [0.15, 0.2) is 0 Å². The molecule has 20 heavy (non-hydrogen) atoms. The second kappa shape index (κ2) is 10.4. The molecule has 1 amide bonds. The van der Waals surface area contributed by atoms with Gasteiger partial charge in [0, 0.05) is 12.5 Å². The maximum atomic E-state index is 12.0. The van der Waals surface area contributed by atoms with Crippen molar-refractivity contribution in [3.05, 3.63) is 0 Å². The Morgan fingerprint density at radius 2 is 1.55 bits per heavy atom. The zero-order valence-electron chi connectivity index (χ0n) is 12.7. The molecule has 1 saturated carbocycles. The van der Waals surface area contributed by atoms with Gasteiger partial charge in [-0.05, 0) is 51.1 Å². The molecular formula is C16H31ClN2O. The molecule has 1 aliphatic carbocycles. The number of amides is 1. The van der Waals surface area contributed by atoms with Gasteiger partial charge in [0.25, 0.3) is 0 Å². The number of hydrogen-bond donors (Lipinski definition) is 2. The molecule has 118 valence electrons. The first-order valence-electron chi connectivity index (χ1n) is 8.34. The zero-order valence-corrected chi connectivity index (χ0v) is 13.5. The van der Waals surface area contributed by atoms with E-state index in [-0.39, 0.29) is 12.4 Å². The maximum Gasteiger partial charge on any atom is 0.220 e. The highest BCUT2D eigenvalue weighted by Gasteiger charge is 2.17. The van der Waals surface area contributed by atoms with Crippen molar-refractivity contribution >= 4 is 18.3 Å². The number of carbonyl (C=O) groups excluding carboxylic acids is 1. The Bertz CT molecular complexity index is 259. The fraction of sp³-hybridized carbons (Fsp3) is 0.938. The molecule has 1 aliphatic heterocycles. The van der Waals surface area contributed by atoms with Gasteiger partial charge >= 0.3 is 0 Å². The van der Waals surface area contributed by atoms with Gasteiger partial charge in [-0.25, -0.2) is 0 Å². The minimum atomic E-state index is 0. The fourth-order valence-corrected chi connectivity index (χ4v) is 3.41. The minimum Gasteiger partial charge on any atom is -0.353 e. The van der Waals surface area contributed by atoms with Crippen molar-refractivity contribution in [1.29, 1.82) is 0 Å². The average molecular weight is 303 g/mol. The number of carbonyl (C=O) groups is 1. The molecule has 1 heterocycles.